The van der Waals surface area contributed by atoms with Gasteiger partial charge in [0, 0.05) is 31.1 Å². The van der Waals surface area contributed by atoms with Crippen molar-refractivity contribution in [1.29, 1.82) is 0 Å². The molecule has 2 aromatic carbocycles. The van der Waals surface area contributed by atoms with Crippen LogP contribution >= 0.6 is 11.6 Å². The first-order valence-electron chi connectivity index (χ1n) is 8.56. The van der Waals surface area contributed by atoms with Gasteiger partial charge in [-0.3, -0.25) is 4.79 Å². The summed E-state index contributed by atoms with van der Waals surface area (Å²) < 4.78 is 22.4. The number of hydrogen-bond donors (Lipinski definition) is 2. The van der Waals surface area contributed by atoms with Gasteiger partial charge in [-0.25, -0.2) is 13.6 Å². The highest BCUT2D eigenvalue weighted by Crippen LogP contribution is 2.16. The van der Waals surface area contributed by atoms with E-state index in [1.54, 1.807) is 12.1 Å². The van der Waals surface area contributed by atoms with E-state index in [0.717, 1.165) is 16.1 Å². The number of sulfonamides is 1. The maximum absolute atomic E-state index is 12.0. The van der Waals surface area contributed by atoms with Gasteiger partial charge in [0.1, 0.15) is 0 Å². The number of rotatable bonds is 9. The van der Waals surface area contributed by atoms with Crippen molar-refractivity contribution in [2.75, 3.05) is 20.1 Å². The molecule has 0 aliphatic rings. The first kappa shape index (κ1) is 21.4. The summed E-state index contributed by atoms with van der Waals surface area (Å²) >= 11 is 6.15. The Labute approximate surface area is 165 Å². The molecular weight excluding hydrogens is 386 g/mol. The smallest absolute Gasteiger partial charge is 0.238 e. The first-order valence-corrected chi connectivity index (χ1v) is 10.5. The molecule has 0 atom stereocenters. The average molecular weight is 410 g/mol. The Morgan fingerprint density at radius 2 is 1.81 bits per heavy atom. The average Bonchev–Trinajstić information content (AvgIpc) is 2.62. The van der Waals surface area contributed by atoms with Gasteiger partial charge >= 0.3 is 0 Å². The van der Waals surface area contributed by atoms with Gasteiger partial charge in [0.05, 0.1) is 4.90 Å². The summed E-state index contributed by atoms with van der Waals surface area (Å²) in [5, 5.41) is 8.66. The van der Waals surface area contributed by atoms with Gasteiger partial charge in [-0.15, -0.1) is 0 Å². The maximum atomic E-state index is 12.0. The van der Waals surface area contributed by atoms with Gasteiger partial charge < -0.3 is 10.2 Å². The van der Waals surface area contributed by atoms with E-state index in [9.17, 15) is 13.2 Å². The number of benzene rings is 2. The zero-order valence-electron chi connectivity index (χ0n) is 15.2. The van der Waals surface area contributed by atoms with E-state index in [0.29, 0.717) is 32.5 Å². The maximum Gasteiger partial charge on any atom is 0.238 e. The molecule has 0 aromatic heterocycles. The summed E-state index contributed by atoms with van der Waals surface area (Å²) in [5.74, 6) is -0.0258. The van der Waals surface area contributed by atoms with Gasteiger partial charge in [-0.05, 0) is 42.8 Å². The lowest BCUT2D eigenvalue weighted by molar-refractivity contribution is -0.121. The zero-order valence-corrected chi connectivity index (χ0v) is 16.8. The number of carbonyl (C=O) groups is 1. The van der Waals surface area contributed by atoms with Crippen LogP contribution in [0.1, 0.15) is 17.5 Å². The third kappa shape index (κ3) is 7.30. The lowest BCUT2D eigenvalue weighted by Crippen LogP contribution is -2.30. The molecule has 0 radical (unpaired) electrons. The Balaban J connectivity index is 1.69. The molecule has 2 aromatic rings. The highest BCUT2D eigenvalue weighted by molar-refractivity contribution is 7.89. The summed E-state index contributed by atoms with van der Waals surface area (Å²) in [7, 11) is -1.73. The molecule has 0 heterocycles. The van der Waals surface area contributed by atoms with Crippen LogP contribution in [0.5, 0.6) is 0 Å². The van der Waals surface area contributed by atoms with Crippen molar-refractivity contribution in [3.8, 4) is 0 Å². The number of nitrogens with one attached hydrogen (secondary N) is 1. The van der Waals surface area contributed by atoms with Crippen LogP contribution in [0.4, 0.5) is 0 Å². The molecule has 0 spiro atoms. The van der Waals surface area contributed by atoms with E-state index in [1.807, 2.05) is 36.2 Å². The Kier molecular flexibility index (Phi) is 7.79. The number of nitrogens with zero attached hydrogens (tertiary/aromatic N) is 1. The Hall–Kier alpha value is -1.93. The Morgan fingerprint density at radius 3 is 2.44 bits per heavy atom. The van der Waals surface area contributed by atoms with Crippen LogP contribution in [0.3, 0.4) is 0 Å². The van der Waals surface area contributed by atoms with Gasteiger partial charge in [-0.2, -0.15) is 0 Å². The second-order valence-electron chi connectivity index (χ2n) is 6.37. The first-order chi connectivity index (χ1) is 12.8. The summed E-state index contributed by atoms with van der Waals surface area (Å²) in [6, 6.07) is 14.0. The molecule has 0 unspecified atom stereocenters. The minimum Gasteiger partial charge on any atom is -0.356 e. The van der Waals surface area contributed by atoms with E-state index in [4.69, 9.17) is 16.7 Å². The van der Waals surface area contributed by atoms with Gasteiger partial charge in [-0.1, -0.05) is 41.9 Å². The molecule has 1 amide bonds. The number of primary sulfonamides is 1. The number of amides is 1. The number of carbonyl (C=O) groups excluding carboxylic acids is 1. The fourth-order valence-corrected chi connectivity index (χ4v) is 3.28. The van der Waals surface area contributed by atoms with Gasteiger partial charge in [0.15, 0.2) is 0 Å². The topological polar surface area (TPSA) is 92.5 Å². The monoisotopic (exact) mass is 409 g/mol. The van der Waals surface area contributed by atoms with Crippen molar-refractivity contribution in [2.24, 2.45) is 5.14 Å². The fourth-order valence-electron chi connectivity index (χ4n) is 2.57. The van der Waals surface area contributed by atoms with E-state index >= 15 is 0 Å². The minimum absolute atomic E-state index is 0.0258. The fraction of sp³-hybridized carbons (Fsp3) is 0.316. The summed E-state index contributed by atoms with van der Waals surface area (Å²) in [4.78, 5) is 14.1. The molecule has 3 N–H and O–H groups in total. The molecule has 146 valence electrons. The van der Waals surface area contributed by atoms with Crippen LogP contribution < -0.4 is 10.5 Å². The lowest BCUT2D eigenvalue weighted by Gasteiger charge is -2.17. The van der Waals surface area contributed by atoms with Crippen molar-refractivity contribution in [2.45, 2.75) is 24.3 Å². The Bertz CT molecular complexity index is 870. The van der Waals surface area contributed by atoms with Crippen molar-refractivity contribution in [1.82, 2.24) is 10.2 Å². The van der Waals surface area contributed by atoms with Crippen molar-refractivity contribution >= 4 is 27.5 Å². The molecule has 0 fully saturated rings. The predicted octanol–water partition coefficient (Wildman–Crippen LogP) is 2.17. The third-order valence-electron chi connectivity index (χ3n) is 4.11. The van der Waals surface area contributed by atoms with E-state index in [2.05, 4.69) is 5.32 Å². The highest BCUT2D eigenvalue weighted by Gasteiger charge is 2.08. The predicted molar refractivity (Wildman–Crippen MR) is 107 cm³/mol. The van der Waals surface area contributed by atoms with Crippen LogP contribution in [0.25, 0.3) is 0 Å². The lowest BCUT2D eigenvalue weighted by atomic mass is 10.1. The second kappa shape index (κ2) is 9.85. The third-order valence-corrected chi connectivity index (χ3v) is 5.40. The van der Waals surface area contributed by atoms with Gasteiger partial charge in [0.2, 0.25) is 15.9 Å². The molecule has 0 saturated carbocycles. The minimum atomic E-state index is -3.68. The summed E-state index contributed by atoms with van der Waals surface area (Å²) in [6.07, 6.45) is 1.01. The highest BCUT2D eigenvalue weighted by atomic mass is 35.5. The van der Waals surface area contributed by atoms with Crippen LogP contribution in [0.15, 0.2) is 53.4 Å². The number of nitrogens with two attached hydrogens (primary N) is 1. The molecule has 8 heteroatoms. The number of hydrogen-bond acceptors (Lipinski definition) is 4. The summed E-state index contributed by atoms with van der Waals surface area (Å²) in [6.45, 7) is 1.80. The molecule has 0 saturated heterocycles. The molecular formula is C19H24ClN3O3S. The van der Waals surface area contributed by atoms with Crippen LogP contribution in [-0.4, -0.2) is 39.4 Å². The Morgan fingerprint density at radius 1 is 1.15 bits per heavy atom. The SMILES string of the molecule is CN(CCC(=O)NCCc1ccc(S(N)(=O)=O)cc1)Cc1ccccc1Cl. The van der Waals surface area contributed by atoms with E-state index in [1.165, 1.54) is 12.1 Å². The van der Waals surface area contributed by atoms with Crippen LogP contribution in [0, 0.1) is 0 Å². The molecule has 27 heavy (non-hydrogen) atoms. The summed E-state index contributed by atoms with van der Waals surface area (Å²) in [5.41, 5.74) is 1.96. The standard InChI is InChI=1S/C19H24ClN3O3S/c1-23(14-16-4-2-3-5-18(16)20)13-11-19(24)22-12-10-15-6-8-17(9-7-15)27(21,25)26/h2-9H,10-14H2,1H3,(H,22,24)(H2,21,25,26). The molecule has 0 aliphatic heterocycles. The van der Waals surface area contributed by atoms with Crippen molar-refractivity contribution in [3.63, 3.8) is 0 Å². The second-order valence-corrected chi connectivity index (χ2v) is 8.34. The molecule has 6 nitrogen and oxygen atoms in total. The molecule has 0 aliphatic carbocycles. The largest absolute Gasteiger partial charge is 0.356 e. The van der Waals surface area contributed by atoms with Crippen molar-refractivity contribution in [3.05, 3.63) is 64.7 Å². The van der Waals surface area contributed by atoms with Gasteiger partial charge in [0.25, 0.3) is 0 Å². The normalized spacial score (nSPS) is 11.6. The zero-order chi connectivity index (χ0) is 19.9. The quantitative estimate of drug-likeness (QED) is 0.663. The van der Waals surface area contributed by atoms with Crippen LogP contribution in [0.2, 0.25) is 5.02 Å². The van der Waals surface area contributed by atoms with Crippen molar-refractivity contribution < 1.29 is 13.2 Å². The van der Waals surface area contributed by atoms with E-state index in [-0.39, 0.29) is 10.8 Å². The van der Waals surface area contributed by atoms with Crippen LogP contribution in [-0.2, 0) is 27.8 Å². The molecule has 2 rings (SSSR count). The molecule has 0 bridgehead atoms. The van der Waals surface area contributed by atoms with E-state index < -0.39 is 10.0 Å². The number of halogens is 1.